The molecule has 142 valence electrons. The highest BCUT2D eigenvalue weighted by Gasteiger charge is 2.25. The van der Waals surface area contributed by atoms with Crippen LogP contribution in [0.3, 0.4) is 0 Å². The number of morpholine rings is 1. The highest BCUT2D eigenvalue weighted by molar-refractivity contribution is 6.00. The monoisotopic (exact) mass is 373 g/mol. The van der Waals surface area contributed by atoms with Crippen molar-refractivity contribution in [3.8, 4) is 0 Å². The molecule has 1 fully saturated rings. The third-order valence-corrected chi connectivity index (χ3v) is 5.53. The van der Waals surface area contributed by atoms with Crippen LogP contribution in [0.4, 0.5) is 5.82 Å². The molecule has 1 saturated heterocycles. The van der Waals surface area contributed by atoms with Gasteiger partial charge in [-0.25, -0.2) is 0 Å². The number of benzene rings is 2. The lowest BCUT2D eigenvalue weighted by Crippen LogP contribution is -2.39. The van der Waals surface area contributed by atoms with Gasteiger partial charge in [-0.3, -0.25) is 0 Å². The summed E-state index contributed by atoms with van der Waals surface area (Å²) in [4.78, 5) is 2.32. The molecule has 0 amide bonds. The van der Waals surface area contributed by atoms with Crippen LogP contribution in [0.2, 0.25) is 0 Å². The van der Waals surface area contributed by atoms with Crippen LogP contribution in [-0.2, 0) is 11.2 Å². The molecule has 1 atom stereocenters. The summed E-state index contributed by atoms with van der Waals surface area (Å²) in [6.45, 7) is 6.37. The first-order chi connectivity index (χ1) is 13.7. The number of aryl methyl sites for hydroxylation is 2. The normalized spacial score (nSPS) is 17.5. The summed E-state index contributed by atoms with van der Waals surface area (Å²) in [6, 6.07) is 17.0. The molecule has 28 heavy (non-hydrogen) atoms. The van der Waals surface area contributed by atoms with E-state index in [0.717, 1.165) is 47.6 Å². The number of hydrogen-bond acceptors (Lipinski definition) is 5. The first-order valence-electron chi connectivity index (χ1n) is 9.80. The average molecular weight is 373 g/mol. The minimum absolute atomic E-state index is 0.0397. The van der Waals surface area contributed by atoms with Crippen LogP contribution in [0.15, 0.2) is 48.5 Å². The van der Waals surface area contributed by atoms with E-state index in [-0.39, 0.29) is 6.10 Å². The zero-order chi connectivity index (χ0) is 19.1. The quantitative estimate of drug-likeness (QED) is 0.548. The molecule has 2 aromatic carbocycles. The summed E-state index contributed by atoms with van der Waals surface area (Å²) in [5.41, 5.74) is 3.36. The predicted molar refractivity (Wildman–Crippen MR) is 110 cm³/mol. The first kappa shape index (κ1) is 17.1. The van der Waals surface area contributed by atoms with E-state index in [0.29, 0.717) is 6.61 Å². The van der Waals surface area contributed by atoms with E-state index in [4.69, 9.17) is 9.84 Å². The van der Waals surface area contributed by atoms with E-state index in [9.17, 15) is 0 Å². The van der Waals surface area contributed by atoms with E-state index in [2.05, 4.69) is 64.5 Å². The zero-order valence-electron chi connectivity index (χ0n) is 16.2. The van der Waals surface area contributed by atoms with Crippen molar-refractivity contribution in [2.24, 2.45) is 0 Å². The fraction of sp³-hybridized carbons (Fsp3) is 0.318. The molecule has 0 radical (unpaired) electrons. The molecule has 1 aliphatic rings. The molecule has 0 aliphatic carbocycles. The molecular weight excluding hydrogens is 350 g/mol. The van der Waals surface area contributed by atoms with Crippen LogP contribution in [-0.4, -0.2) is 39.5 Å². The van der Waals surface area contributed by atoms with Gasteiger partial charge in [0.1, 0.15) is 6.10 Å². The van der Waals surface area contributed by atoms with Gasteiger partial charge < -0.3 is 9.64 Å². The number of rotatable bonds is 3. The third-order valence-electron chi connectivity index (χ3n) is 5.53. The fourth-order valence-electron chi connectivity index (χ4n) is 3.91. The maximum absolute atomic E-state index is 6.10. The van der Waals surface area contributed by atoms with Crippen molar-refractivity contribution in [1.29, 1.82) is 0 Å². The van der Waals surface area contributed by atoms with Crippen LogP contribution >= 0.6 is 0 Å². The second-order valence-corrected chi connectivity index (χ2v) is 7.25. The Bertz CT molecular complexity index is 1140. The third kappa shape index (κ3) is 2.81. The molecule has 0 bridgehead atoms. The number of anilines is 1. The number of hydrogen-bond donors (Lipinski definition) is 0. The molecule has 1 aliphatic heterocycles. The molecule has 4 aromatic rings. The predicted octanol–water partition coefficient (Wildman–Crippen LogP) is 3.73. The minimum Gasteiger partial charge on any atom is -0.370 e. The topological polar surface area (TPSA) is 55.6 Å². The van der Waals surface area contributed by atoms with E-state index >= 15 is 0 Å². The molecule has 0 saturated carbocycles. The Morgan fingerprint density at radius 2 is 1.82 bits per heavy atom. The smallest absolute Gasteiger partial charge is 0.185 e. The number of ether oxygens (including phenoxy) is 1. The Hall–Kier alpha value is -2.99. The van der Waals surface area contributed by atoms with Gasteiger partial charge in [-0.05, 0) is 24.5 Å². The van der Waals surface area contributed by atoms with E-state index in [1.165, 1.54) is 11.1 Å². The molecule has 1 unspecified atom stereocenters. The van der Waals surface area contributed by atoms with Crippen LogP contribution in [0.25, 0.3) is 16.4 Å². The lowest BCUT2D eigenvalue weighted by atomic mass is 10.0. The molecule has 3 heterocycles. The summed E-state index contributed by atoms with van der Waals surface area (Å²) >= 11 is 0. The van der Waals surface area contributed by atoms with Gasteiger partial charge in [-0.15, -0.1) is 15.3 Å². The molecule has 6 nitrogen and oxygen atoms in total. The Morgan fingerprint density at radius 3 is 2.61 bits per heavy atom. The van der Waals surface area contributed by atoms with Gasteiger partial charge in [0.15, 0.2) is 17.3 Å². The Morgan fingerprint density at radius 1 is 1.04 bits per heavy atom. The standard InChI is InChI=1S/C22H23N5O/c1-3-16-8-10-17(11-9-16)20-14-26(12-13-28-20)22-19-7-5-4-6-18(19)21-24-23-15(2)27(21)25-22/h4-11,20H,3,12-14H2,1-2H3. The fourth-order valence-corrected chi connectivity index (χ4v) is 3.91. The van der Waals surface area contributed by atoms with Crippen LogP contribution < -0.4 is 4.90 Å². The van der Waals surface area contributed by atoms with Crippen molar-refractivity contribution in [1.82, 2.24) is 19.8 Å². The lowest BCUT2D eigenvalue weighted by Gasteiger charge is -2.34. The Labute approximate surface area is 163 Å². The van der Waals surface area contributed by atoms with Crippen molar-refractivity contribution >= 4 is 22.2 Å². The Balaban J connectivity index is 1.55. The lowest BCUT2D eigenvalue weighted by molar-refractivity contribution is 0.0395. The van der Waals surface area contributed by atoms with Gasteiger partial charge in [0.2, 0.25) is 0 Å². The molecule has 2 aromatic heterocycles. The largest absolute Gasteiger partial charge is 0.370 e. The van der Waals surface area contributed by atoms with E-state index in [1.54, 1.807) is 0 Å². The second kappa shape index (κ2) is 6.87. The second-order valence-electron chi connectivity index (χ2n) is 7.25. The van der Waals surface area contributed by atoms with Crippen LogP contribution in [0, 0.1) is 6.92 Å². The number of nitrogens with zero attached hydrogens (tertiary/aromatic N) is 5. The van der Waals surface area contributed by atoms with E-state index < -0.39 is 0 Å². The van der Waals surface area contributed by atoms with Gasteiger partial charge >= 0.3 is 0 Å². The van der Waals surface area contributed by atoms with Crippen LogP contribution in [0.1, 0.15) is 30.0 Å². The average Bonchev–Trinajstić information content (AvgIpc) is 3.14. The summed E-state index contributed by atoms with van der Waals surface area (Å²) < 4.78 is 7.94. The van der Waals surface area contributed by atoms with Gasteiger partial charge in [0.25, 0.3) is 0 Å². The SMILES string of the molecule is CCc1ccc(C2CN(c3nn4c(C)nnc4c4ccccc34)CCO2)cc1. The highest BCUT2D eigenvalue weighted by atomic mass is 16.5. The first-order valence-corrected chi connectivity index (χ1v) is 9.80. The summed E-state index contributed by atoms with van der Waals surface area (Å²) in [5, 5.41) is 15.6. The summed E-state index contributed by atoms with van der Waals surface area (Å²) in [7, 11) is 0. The molecule has 6 heteroatoms. The number of fused-ring (bicyclic) bond motifs is 3. The Kier molecular flexibility index (Phi) is 4.20. The van der Waals surface area contributed by atoms with Crippen molar-refractivity contribution in [3.63, 3.8) is 0 Å². The zero-order valence-corrected chi connectivity index (χ0v) is 16.2. The molecular formula is C22H23N5O. The molecule has 0 N–H and O–H groups in total. The highest BCUT2D eigenvalue weighted by Crippen LogP contribution is 2.31. The summed E-state index contributed by atoms with van der Waals surface area (Å²) in [6.07, 6.45) is 1.09. The minimum atomic E-state index is 0.0397. The summed E-state index contributed by atoms with van der Waals surface area (Å²) in [5.74, 6) is 1.76. The molecule has 0 spiro atoms. The van der Waals surface area contributed by atoms with Gasteiger partial charge in [-0.2, -0.15) is 4.52 Å². The van der Waals surface area contributed by atoms with Gasteiger partial charge in [0.05, 0.1) is 6.61 Å². The van der Waals surface area contributed by atoms with Gasteiger partial charge in [0, 0.05) is 23.9 Å². The van der Waals surface area contributed by atoms with Crippen molar-refractivity contribution in [2.75, 3.05) is 24.6 Å². The van der Waals surface area contributed by atoms with E-state index in [1.807, 2.05) is 17.5 Å². The molecule has 5 rings (SSSR count). The van der Waals surface area contributed by atoms with Crippen molar-refractivity contribution in [3.05, 3.63) is 65.5 Å². The van der Waals surface area contributed by atoms with Gasteiger partial charge in [-0.1, -0.05) is 55.5 Å². The van der Waals surface area contributed by atoms with Crippen molar-refractivity contribution in [2.45, 2.75) is 26.4 Å². The van der Waals surface area contributed by atoms with Crippen LogP contribution in [0.5, 0.6) is 0 Å². The van der Waals surface area contributed by atoms with Crippen molar-refractivity contribution < 1.29 is 4.74 Å². The maximum Gasteiger partial charge on any atom is 0.185 e. The number of aromatic nitrogens is 4. The maximum atomic E-state index is 6.10.